The second kappa shape index (κ2) is 7.17. The number of hydrogen-bond acceptors (Lipinski definition) is 4. The molecule has 0 aliphatic carbocycles. The van der Waals surface area contributed by atoms with Crippen LogP contribution in [0.3, 0.4) is 0 Å². The molecule has 2 rings (SSSR count). The Morgan fingerprint density at radius 1 is 0.880 bits per heavy atom. The van der Waals surface area contributed by atoms with Gasteiger partial charge in [-0.05, 0) is 29.2 Å². The molecule has 4 N–H and O–H groups in total. The largest absolute Gasteiger partial charge is 0.398 e. The first-order valence-electron chi connectivity index (χ1n) is 7.81. The summed E-state index contributed by atoms with van der Waals surface area (Å²) in [6.45, 7) is 6.00. The van der Waals surface area contributed by atoms with Crippen LogP contribution in [-0.4, -0.2) is 17.7 Å². The third-order valence-electron chi connectivity index (χ3n) is 3.62. The van der Waals surface area contributed by atoms with E-state index in [4.69, 9.17) is 5.73 Å². The zero-order valence-corrected chi connectivity index (χ0v) is 14.4. The van der Waals surface area contributed by atoms with Gasteiger partial charge in [0, 0.05) is 11.4 Å². The summed E-state index contributed by atoms with van der Waals surface area (Å²) in [5, 5.41) is 4.60. The maximum absolute atomic E-state index is 12.1. The van der Waals surface area contributed by atoms with E-state index in [-0.39, 0.29) is 16.7 Å². The summed E-state index contributed by atoms with van der Waals surface area (Å²) in [5.74, 6) is -2.68. The minimum absolute atomic E-state index is 0.138. The molecule has 6 heteroatoms. The van der Waals surface area contributed by atoms with Crippen LogP contribution in [0.5, 0.6) is 0 Å². The lowest BCUT2D eigenvalue weighted by molar-refractivity contribution is -0.135. The molecule has 0 saturated heterocycles. The number of nitrogens with two attached hydrogens (primary N) is 1. The predicted molar refractivity (Wildman–Crippen MR) is 97.1 cm³/mol. The van der Waals surface area contributed by atoms with Gasteiger partial charge in [0.2, 0.25) is 0 Å². The van der Waals surface area contributed by atoms with Crippen molar-refractivity contribution < 1.29 is 14.4 Å². The fourth-order valence-corrected chi connectivity index (χ4v) is 2.36. The third kappa shape index (κ3) is 4.44. The number of nitrogens with one attached hydrogen (secondary N) is 2. The Balaban J connectivity index is 2.11. The minimum Gasteiger partial charge on any atom is -0.398 e. The van der Waals surface area contributed by atoms with Gasteiger partial charge < -0.3 is 11.1 Å². The number of imide groups is 1. The molecule has 0 atom stereocenters. The van der Waals surface area contributed by atoms with E-state index in [9.17, 15) is 14.4 Å². The van der Waals surface area contributed by atoms with Crippen molar-refractivity contribution in [1.29, 1.82) is 0 Å². The number of amides is 3. The standard InChI is InChI=1S/C19H21N3O3/c1-19(2,3)13-9-5-7-11-15(13)21-17(24)18(25)22-16(23)12-8-4-6-10-14(12)20/h4-11H,20H2,1-3H3,(H,21,24)(H,22,23,25). The summed E-state index contributed by atoms with van der Waals surface area (Å²) in [6.07, 6.45) is 0. The fraction of sp³-hybridized carbons (Fsp3) is 0.211. The highest BCUT2D eigenvalue weighted by atomic mass is 16.2. The molecule has 0 aliphatic heterocycles. The van der Waals surface area contributed by atoms with Gasteiger partial charge in [-0.3, -0.25) is 19.7 Å². The van der Waals surface area contributed by atoms with E-state index in [1.807, 2.05) is 38.2 Å². The third-order valence-corrected chi connectivity index (χ3v) is 3.62. The molecule has 0 heterocycles. The number of carbonyl (C=O) groups is 3. The molecule has 0 radical (unpaired) electrons. The van der Waals surface area contributed by atoms with Crippen LogP contribution in [0, 0.1) is 0 Å². The summed E-state index contributed by atoms with van der Waals surface area (Å²) in [7, 11) is 0. The van der Waals surface area contributed by atoms with Gasteiger partial charge in [0.05, 0.1) is 5.56 Å². The molecule has 2 aromatic carbocycles. The van der Waals surface area contributed by atoms with Crippen LogP contribution in [0.1, 0.15) is 36.7 Å². The van der Waals surface area contributed by atoms with Crippen molar-refractivity contribution in [3.05, 3.63) is 59.7 Å². The molecule has 0 aliphatic rings. The molecule has 0 aromatic heterocycles. The first-order valence-corrected chi connectivity index (χ1v) is 7.81. The summed E-state index contributed by atoms with van der Waals surface area (Å²) in [5.41, 5.74) is 7.26. The Hall–Kier alpha value is -3.15. The number of nitrogen functional groups attached to an aromatic ring is 1. The first kappa shape index (κ1) is 18.2. The van der Waals surface area contributed by atoms with Crippen LogP contribution in [-0.2, 0) is 15.0 Å². The smallest absolute Gasteiger partial charge is 0.316 e. The molecule has 130 valence electrons. The van der Waals surface area contributed by atoms with Crippen molar-refractivity contribution in [2.75, 3.05) is 11.1 Å². The number of hydrogen-bond donors (Lipinski definition) is 3. The second-order valence-corrected chi connectivity index (χ2v) is 6.62. The van der Waals surface area contributed by atoms with Crippen LogP contribution in [0.2, 0.25) is 0 Å². The molecule has 0 bridgehead atoms. The zero-order valence-electron chi connectivity index (χ0n) is 14.4. The predicted octanol–water partition coefficient (Wildman–Crippen LogP) is 2.46. The van der Waals surface area contributed by atoms with Crippen molar-refractivity contribution in [2.24, 2.45) is 0 Å². The number of para-hydroxylation sites is 2. The van der Waals surface area contributed by atoms with Crippen molar-refractivity contribution in [3.8, 4) is 0 Å². The van der Waals surface area contributed by atoms with Crippen LogP contribution in [0.15, 0.2) is 48.5 Å². The fourth-order valence-electron chi connectivity index (χ4n) is 2.36. The molecular weight excluding hydrogens is 318 g/mol. The van der Waals surface area contributed by atoms with Crippen LogP contribution in [0.25, 0.3) is 0 Å². The molecule has 3 amide bonds. The zero-order chi connectivity index (χ0) is 18.6. The quantitative estimate of drug-likeness (QED) is 0.578. The van der Waals surface area contributed by atoms with Gasteiger partial charge in [0.1, 0.15) is 0 Å². The highest BCUT2D eigenvalue weighted by Gasteiger charge is 2.22. The molecule has 25 heavy (non-hydrogen) atoms. The van der Waals surface area contributed by atoms with Crippen molar-refractivity contribution in [3.63, 3.8) is 0 Å². The van der Waals surface area contributed by atoms with Gasteiger partial charge >= 0.3 is 11.8 Å². The number of carbonyl (C=O) groups excluding carboxylic acids is 3. The van der Waals surface area contributed by atoms with Crippen LogP contribution >= 0.6 is 0 Å². The number of benzene rings is 2. The number of anilines is 2. The highest BCUT2D eigenvalue weighted by Crippen LogP contribution is 2.29. The summed E-state index contributed by atoms with van der Waals surface area (Å²) >= 11 is 0. The van der Waals surface area contributed by atoms with E-state index in [2.05, 4.69) is 5.32 Å². The molecule has 6 nitrogen and oxygen atoms in total. The molecule has 0 fully saturated rings. The molecular formula is C19H21N3O3. The second-order valence-electron chi connectivity index (χ2n) is 6.62. The lowest BCUT2D eigenvalue weighted by Crippen LogP contribution is -2.39. The Morgan fingerprint density at radius 2 is 1.48 bits per heavy atom. The lowest BCUT2D eigenvalue weighted by Gasteiger charge is -2.22. The SMILES string of the molecule is CC(C)(C)c1ccccc1NC(=O)C(=O)NC(=O)c1ccccc1N. The van der Waals surface area contributed by atoms with E-state index < -0.39 is 17.7 Å². The van der Waals surface area contributed by atoms with Gasteiger partial charge in [-0.2, -0.15) is 0 Å². The summed E-state index contributed by atoms with van der Waals surface area (Å²) < 4.78 is 0. The lowest BCUT2D eigenvalue weighted by atomic mass is 9.86. The van der Waals surface area contributed by atoms with Crippen molar-refractivity contribution in [2.45, 2.75) is 26.2 Å². The topological polar surface area (TPSA) is 101 Å². The maximum atomic E-state index is 12.1. The molecule has 0 unspecified atom stereocenters. The van der Waals surface area contributed by atoms with Gasteiger partial charge in [-0.25, -0.2) is 0 Å². The number of rotatable bonds is 2. The maximum Gasteiger partial charge on any atom is 0.316 e. The molecule has 0 saturated carbocycles. The van der Waals surface area contributed by atoms with E-state index in [1.54, 1.807) is 30.3 Å². The van der Waals surface area contributed by atoms with Crippen molar-refractivity contribution in [1.82, 2.24) is 5.32 Å². The molecule has 0 spiro atoms. The van der Waals surface area contributed by atoms with E-state index in [0.717, 1.165) is 5.56 Å². The Labute approximate surface area is 146 Å². The highest BCUT2D eigenvalue weighted by molar-refractivity contribution is 6.42. The van der Waals surface area contributed by atoms with Crippen molar-refractivity contribution >= 4 is 29.1 Å². The van der Waals surface area contributed by atoms with E-state index >= 15 is 0 Å². The summed E-state index contributed by atoms with van der Waals surface area (Å²) in [6, 6.07) is 13.5. The van der Waals surface area contributed by atoms with Gasteiger partial charge in [0.15, 0.2) is 0 Å². The van der Waals surface area contributed by atoms with E-state index in [0.29, 0.717) is 5.69 Å². The Morgan fingerprint density at radius 3 is 2.12 bits per heavy atom. The average molecular weight is 339 g/mol. The first-order chi connectivity index (χ1) is 11.7. The summed E-state index contributed by atoms with van der Waals surface area (Å²) in [4.78, 5) is 36.2. The monoisotopic (exact) mass is 339 g/mol. The minimum atomic E-state index is -1.04. The van der Waals surface area contributed by atoms with Crippen LogP contribution < -0.4 is 16.4 Å². The van der Waals surface area contributed by atoms with Gasteiger partial charge in [-0.15, -0.1) is 0 Å². The Bertz CT molecular complexity index is 823. The van der Waals surface area contributed by atoms with Gasteiger partial charge in [0.25, 0.3) is 5.91 Å². The van der Waals surface area contributed by atoms with Crippen LogP contribution in [0.4, 0.5) is 11.4 Å². The normalized spacial score (nSPS) is 10.8. The average Bonchev–Trinajstić information content (AvgIpc) is 2.54. The van der Waals surface area contributed by atoms with E-state index in [1.165, 1.54) is 6.07 Å². The Kier molecular flexibility index (Phi) is 5.22. The van der Waals surface area contributed by atoms with Gasteiger partial charge in [-0.1, -0.05) is 51.1 Å². The molecule has 2 aromatic rings.